The van der Waals surface area contributed by atoms with Gasteiger partial charge in [0, 0.05) is 24.7 Å². The molecule has 1 atom stereocenters. The van der Waals surface area contributed by atoms with E-state index in [2.05, 4.69) is 4.98 Å². The third-order valence-electron chi connectivity index (χ3n) is 3.88. The number of nitrogens with zero attached hydrogens (tertiary/aromatic N) is 2. The fourth-order valence-electron chi connectivity index (χ4n) is 2.63. The highest BCUT2D eigenvalue weighted by atomic mass is 16.4. The van der Waals surface area contributed by atoms with Crippen LogP contribution < -0.4 is 5.73 Å². The van der Waals surface area contributed by atoms with Crippen LogP contribution in [0.4, 0.5) is 0 Å². The molecule has 0 radical (unpaired) electrons. The van der Waals surface area contributed by atoms with Gasteiger partial charge in [-0.1, -0.05) is 18.2 Å². The van der Waals surface area contributed by atoms with Gasteiger partial charge in [0.15, 0.2) is 0 Å². The first kappa shape index (κ1) is 13.5. The number of fused-ring (bicyclic) bond motifs is 1. The maximum atomic E-state index is 12.6. The highest BCUT2D eigenvalue weighted by Crippen LogP contribution is 2.23. The Bertz CT molecular complexity index is 726. The van der Waals surface area contributed by atoms with Gasteiger partial charge in [-0.15, -0.1) is 0 Å². The van der Waals surface area contributed by atoms with E-state index >= 15 is 0 Å². The van der Waals surface area contributed by atoms with E-state index in [0.717, 1.165) is 5.39 Å². The van der Waals surface area contributed by atoms with Gasteiger partial charge in [0.2, 0.25) is 0 Å². The zero-order valence-electron chi connectivity index (χ0n) is 11.3. The summed E-state index contributed by atoms with van der Waals surface area (Å²) in [5.74, 6) is -1.30. The molecule has 3 rings (SSSR count). The van der Waals surface area contributed by atoms with Gasteiger partial charge in [0.25, 0.3) is 5.91 Å². The fourth-order valence-corrected chi connectivity index (χ4v) is 2.63. The lowest BCUT2D eigenvalue weighted by molar-refractivity contribution is -0.142. The van der Waals surface area contributed by atoms with Crippen LogP contribution in [0, 0.1) is 0 Å². The number of aliphatic carboxylic acids is 1. The average Bonchev–Trinajstić information content (AvgIpc) is 2.90. The molecule has 0 aliphatic carbocycles. The summed E-state index contributed by atoms with van der Waals surface area (Å²) >= 11 is 0. The summed E-state index contributed by atoms with van der Waals surface area (Å²) in [5.41, 5.74) is 5.55. The van der Waals surface area contributed by atoms with Crippen molar-refractivity contribution in [2.75, 3.05) is 13.1 Å². The Balaban J connectivity index is 1.94. The van der Waals surface area contributed by atoms with Crippen LogP contribution in [0.25, 0.3) is 10.9 Å². The SMILES string of the molecule is NC1(C(=O)O)CCN(C(=O)c2cccc3cccnc23)C1. The van der Waals surface area contributed by atoms with Crippen LogP contribution in [-0.2, 0) is 4.79 Å². The molecular formula is C15H15N3O3. The number of hydrogen-bond acceptors (Lipinski definition) is 4. The molecule has 1 aliphatic rings. The molecule has 1 unspecified atom stereocenters. The molecule has 1 aromatic carbocycles. The summed E-state index contributed by atoms with van der Waals surface area (Å²) in [6, 6.07) is 9.07. The highest BCUT2D eigenvalue weighted by molar-refractivity contribution is 6.05. The van der Waals surface area contributed by atoms with Crippen molar-refractivity contribution in [3.8, 4) is 0 Å². The van der Waals surface area contributed by atoms with Crippen LogP contribution in [0.2, 0.25) is 0 Å². The van der Waals surface area contributed by atoms with E-state index in [0.29, 0.717) is 17.6 Å². The van der Waals surface area contributed by atoms with Crippen molar-refractivity contribution in [3.05, 3.63) is 42.1 Å². The van der Waals surface area contributed by atoms with Gasteiger partial charge in [-0.2, -0.15) is 0 Å². The van der Waals surface area contributed by atoms with Crippen LogP contribution in [0.5, 0.6) is 0 Å². The number of carboxylic acids is 1. The molecule has 1 saturated heterocycles. The highest BCUT2D eigenvalue weighted by Gasteiger charge is 2.43. The van der Waals surface area contributed by atoms with Crippen molar-refractivity contribution < 1.29 is 14.7 Å². The van der Waals surface area contributed by atoms with Gasteiger partial charge in [-0.05, 0) is 18.6 Å². The van der Waals surface area contributed by atoms with Crippen LogP contribution in [0.3, 0.4) is 0 Å². The van der Waals surface area contributed by atoms with Gasteiger partial charge in [0.05, 0.1) is 11.1 Å². The van der Waals surface area contributed by atoms with E-state index in [1.165, 1.54) is 4.90 Å². The molecule has 1 aliphatic heterocycles. The van der Waals surface area contributed by atoms with E-state index in [-0.39, 0.29) is 18.9 Å². The number of pyridine rings is 1. The smallest absolute Gasteiger partial charge is 0.325 e. The zero-order chi connectivity index (χ0) is 15.0. The number of rotatable bonds is 2. The molecule has 2 heterocycles. The van der Waals surface area contributed by atoms with Crippen LogP contribution >= 0.6 is 0 Å². The second-order valence-electron chi connectivity index (χ2n) is 5.32. The Morgan fingerprint density at radius 2 is 2.05 bits per heavy atom. The zero-order valence-corrected chi connectivity index (χ0v) is 11.3. The molecular weight excluding hydrogens is 270 g/mol. The van der Waals surface area contributed by atoms with Gasteiger partial charge in [-0.3, -0.25) is 14.6 Å². The maximum Gasteiger partial charge on any atom is 0.325 e. The Labute approximate surface area is 121 Å². The first-order chi connectivity index (χ1) is 10.0. The van der Waals surface area contributed by atoms with Gasteiger partial charge >= 0.3 is 5.97 Å². The maximum absolute atomic E-state index is 12.6. The molecule has 1 fully saturated rings. The lowest BCUT2D eigenvalue weighted by Gasteiger charge is -2.20. The lowest BCUT2D eigenvalue weighted by Crippen LogP contribution is -2.50. The number of hydrogen-bond donors (Lipinski definition) is 2. The monoisotopic (exact) mass is 285 g/mol. The van der Waals surface area contributed by atoms with Crippen molar-refractivity contribution in [3.63, 3.8) is 0 Å². The number of amides is 1. The van der Waals surface area contributed by atoms with E-state index < -0.39 is 11.5 Å². The Hall–Kier alpha value is -2.47. The van der Waals surface area contributed by atoms with Crippen molar-refractivity contribution in [1.82, 2.24) is 9.88 Å². The summed E-state index contributed by atoms with van der Waals surface area (Å²) in [6.07, 6.45) is 1.89. The Morgan fingerprint density at radius 1 is 1.29 bits per heavy atom. The van der Waals surface area contributed by atoms with E-state index in [4.69, 9.17) is 10.8 Å². The lowest BCUT2D eigenvalue weighted by atomic mass is 10.0. The predicted octanol–water partition coefficient (Wildman–Crippen LogP) is 0.863. The molecule has 21 heavy (non-hydrogen) atoms. The van der Waals surface area contributed by atoms with Crippen molar-refractivity contribution in [2.24, 2.45) is 5.73 Å². The molecule has 2 aromatic rings. The normalized spacial score (nSPS) is 21.7. The molecule has 6 nitrogen and oxygen atoms in total. The minimum absolute atomic E-state index is 0.0182. The van der Waals surface area contributed by atoms with Crippen LogP contribution in [0.15, 0.2) is 36.5 Å². The summed E-state index contributed by atoms with van der Waals surface area (Å²) < 4.78 is 0. The Morgan fingerprint density at radius 3 is 2.76 bits per heavy atom. The van der Waals surface area contributed by atoms with Crippen molar-refractivity contribution in [2.45, 2.75) is 12.0 Å². The summed E-state index contributed by atoms with van der Waals surface area (Å²) in [7, 11) is 0. The summed E-state index contributed by atoms with van der Waals surface area (Å²) in [4.78, 5) is 29.5. The number of carbonyl (C=O) groups excluding carboxylic acids is 1. The van der Waals surface area contributed by atoms with Crippen LogP contribution in [-0.4, -0.2) is 45.5 Å². The van der Waals surface area contributed by atoms with Gasteiger partial charge in [-0.25, -0.2) is 0 Å². The minimum Gasteiger partial charge on any atom is -0.480 e. The quantitative estimate of drug-likeness (QED) is 0.853. The molecule has 0 bridgehead atoms. The van der Waals surface area contributed by atoms with Crippen molar-refractivity contribution >= 4 is 22.8 Å². The molecule has 1 aromatic heterocycles. The molecule has 0 spiro atoms. The standard InChI is InChI=1S/C15H15N3O3/c16-15(14(20)21)6-8-18(9-15)13(19)11-5-1-3-10-4-2-7-17-12(10)11/h1-5,7H,6,8-9,16H2,(H,20,21). The third kappa shape index (κ3) is 2.23. The predicted molar refractivity (Wildman–Crippen MR) is 76.8 cm³/mol. The molecule has 0 saturated carbocycles. The number of para-hydroxylation sites is 1. The van der Waals surface area contributed by atoms with E-state index in [9.17, 15) is 9.59 Å². The Kier molecular flexibility index (Phi) is 3.10. The van der Waals surface area contributed by atoms with Gasteiger partial charge < -0.3 is 15.7 Å². The largest absolute Gasteiger partial charge is 0.480 e. The number of carboxylic acid groups (broad SMARTS) is 1. The van der Waals surface area contributed by atoms with E-state index in [1.807, 2.05) is 18.2 Å². The second-order valence-corrected chi connectivity index (χ2v) is 5.32. The summed E-state index contributed by atoms with van der Waals surface area (Å²) in [6.45, 7) is 0.356. The molecule has 1 amide bonds. The number of likely N-dealkylation sites (tertiary alicyclic amines) is 1. The van der Waals surface area contributed by atoms with Crippen molar-refractivity contribution in [1.29, 1.82) is 0 Å². The molecule has 3 N–H and O–H groups in total. The van der Waals surface area contributed by atoms with Crippen LogP contribution in [0.1, 0.15) is 16.8 Å². The first-order valence-electron chi connectivity index (χ1n) is 6.66. The number of carbonyl (C=O) groups is 2. The average molecular weight is 285 g/mol. The molecule has 108 valence electrons. The first-order valence-corrected chi connectivity index (χ1v) is 6.66. The topological polar surface area (TPSA) is 96.5 Å². The minimum atomic E-state index is -1.35. The summed E-state index contributed by atoms with van der Waals surface area (Å²) in [5, 5.41) is 10.0. The fraction of sp³-hybridized carbons (Fsp3) is 0.267. The second kappa shape index (κ2) is 4.82. The molecule has 6 heteroatoms. The third-order valence-corrected chi connectivity index (χ3v) is 3.88. The number of aromatic nitrogens is 1. The van der Waals surface area contributed by atoms with E-state index in [1.54, 1.807) is 18.3 Å². The van der Waals surface area contributed by atoms with Gasteiger partial charge in [0.1, 0.15) is 5.54 Å². The number of benzene rings is 1. The number of nitrogens with two attached hydrogens (primary N) is 1.